The van der Waals surface area contributed by atoms with E-state index >= 15 is 0 Å². The molecule has 2 nitrogen and oxygen atoms in total. The van der Waals surface area contributed by atoms with E-state index in [0.29, 0.717) is 6.04 Å². The minimum absolute atomic E-state index is 0.671. The van der Waals surface area contributed by atoms with Crippen LogP contribution in [0.25, 0.3) is 0 Å². The fourth-order valence-corrected chi connectivity index (χ4v) is 2.80. The van der Waals surface area contributed by atoms with Gasteiger partial charge < -0.3 is 10.6 Å². The number of nitrogens with zero attached hydrogens (tertiary/aromatic N) is 1. The van der Waals surface area contributed by atoms with Crippen LogP contribution in [-0.4, -0.2) is 19.1 Å². The molecular weight excluding hydrogens is 196 g/mol. The maximum absolute atomic E-state index is 5.61. The SMILES string of the molecule is CCN1c2cccc(C)c2CC1CCCN. The van der Waals surface area contributed by atoms with Crippen molar-refractivity contribution >= 4 is 5.69 Å². The largest absolute Gasteiger partial charge is 0.368 e. The van der Waals surface area contributed by atoms with E-state index in [4.69, 9.17) is 5.73 Å². The molecule has 1 aliphatic heterocycles. The molecule has 0 spiro atoms. The molecule has 0 amide bonds. The summed E-state index contributed by atoms with van der Waals surface area (Å²) in [5.74, 6) is 0. The lowest BCUT2D eigenvalue weighted by atomic mass is 10.0. The van der Waals surface area contributed by atoms with Gasteiger partial charge in [-0.25, -0.2) is 0 Å². The van der Waals surface area contributed by atoms with Crippen LogP contribution in [-0.2, 0) is 6.42 Å². The van der Waals surface area contributed by atoms with Gasteiger partial charge in [0.25, 0.3) is 0 Å². The molecular formula is C14H22N2. The summed E-state index contributed by atoms with van der Waals surface area (Å²) in [7, 11) is 0. The first-order valence-corrected chi connectivity index (χ1v) is 6.33. The van der Waals surface area contributed by atoms with Crippen LogP contribution >= 0.6 is 0 Å². The molecule has 0 radical (unpaired) electrons. The highest BCUT2D eigenvalue weighted by atomic mass is 15.2. The average molecular weight is 218 g/mol. The third-order valence-corrected chi connectivity index (χ3v) is 3.66. The molecule has 0 aromatic heterocycles. The zero-order valence-corrected chi connectivity index (χ0v) is 10.4. The van der Waals surface area contributed by atoms with Gasteiger partial charge in [-0.1, -0.05) is 12.1 Å². The Balaban J connectivity index is 2.22. The van der Waals surface area contributed by atoms with E-state index in [1.165, 1.54) is 24.1 Å². The Hall–Kier alpha value is -1.02. The number of likely N-dealkylation sites (N-methyl/N-ethyl adjacent to an activating group) is 1. The lowest BCUT2D eigenvalue weighted by Crippen LogP contribution is -2.32. The van der Waals surface area contributed by atoms with Gasteiger partial charge >= 0.3 is 0 Å². The van der Waals surface area contributed by atoms with E-state index in [2.05, 4.69) is 36.9 Å². The fraction of sp³-hybridized carbons (Fsp3) is 0.571. The number of hydrogen-bond acceptors (Lipinski definition) is 2. The summed E-state index contributed by atoms with van der Waals surface area (Å²) in [4.78, 5) is 2.54. The Morgan fingerprint density at radius 2 is 2.25 bits per heavy atom. The van der Waals surface area contributed by atoms with Gasteiger partial charge in [-0.15, -0.1) is 0 Å². The van der Waals surface area contributed by atoms with Crippen molar-refractivity contribution in [2.45, 2.75) is 39.2 Å². The minimum Gasteiger partial charge on any atom is -0.368 e. The van der Waals surface area contributed by atoms with Crippen LogP contribution in [0.1, 0.15) is 30.9 Å². The van der Waals surface area contributed by atoms with Crippen molar-refractivity contribution < 1.29 is 0 Å². The maximum Gasteiger partial charge on any atom is 0.0404 e. The first kappa shape index (κ1) is 11.5. The summed E-state index contributed by atoms with van der Waals surface area (Å²) in [6.45, 7) is 6.37. The molecule has 1 aromatic rings. The molecule has 0 bridgehead atoms. The van der Waals surface area contributed by atoms with Gasteiger partial charge in [0.1, 0.15) is 0 Å². The highest BCUT2D eigenvalue weighted by Gasteiger charge is 2.28. The summed E-state index contributed by atoms with van der Waals surface area (Å²) in [6, 6.07) is 7.32. The highest BCUT2D eigenvalue weighted by molar-refractivity contribution is 5.61. The summed E-state index contributed by atoms with van der Waals surface area (Å²) in [6.07, 6.45) is 3.56. The molecule has 0 fully saturated rings. The second-order valence-electron chi connectivity index (χ2n) is 4.65. The molecule has 1 aliphatic rings. The first-order chi connectivity index (χ1) is 7.77. The maximum atomic E-state index is 5.61. The van der Waals surface area contributed by atoms with Gasteiger partial charge in [0.15, 0.2) is 0 Å². The smallest absolute Gasteiger partial charge is 0.0404 e. The van der Waals surface area contributed by atoms with Crippen LogP contribution in [0.5, 0.6) is 0 Å². The molecule has 2 heteroatoms. The van der Waals surface area contributed by atoms with Crippen molar-refractivity contribution in [3.8, 4) is 0 Å². The number of aryl methyl sites for hydroxylation is 1. The molecule has 88 valence electrons. The standard InChI is InChI=1S/C14H22N2/c1-3-16-12(7-5-9-15)10-13-11(2)6-4-8-14(13)16/h4,6,8,12H,3,5,7,9-10,15H2,1-2H3. The van der Waals surface area contributed by atoms with Gasteiger partial charge in [0.05, 0.1) is 0 Å². The van der Waals surface area contributed by atoms with E-state index in [1.807, 2.05) is 0 Å². The van der Waals surface area contributed by atoms with Gasteiger partial charge in [-0.2, -0.15) is 0 Å². The molecule has 1 unspecified atom stereocenters. The minimum atomic E-state index is 0.671. The van der Waals surface area contributed by atoms with E-state index < -0.39 is 0 Å². The van der Waals surface area contributed by atoms with Gasteiger partial charge in [0, 0.05) is 18.3 Å². The second kappa shape index (κ2) is 4.88. The Morgan fingerprint density at radius 3 is 2.94 bits per heavy atom. The molecule has 2 N–H and O–H groups in total. The van der Waals surface area contributed by atoms with Crippen molar-refractivity contribution in [3.63, 3.8) is 0 Å². The summed E-state index contributed by atoms with van der Waals surface area (Å²) in [5, 5.41) is 0. The van der Waals surface area contributed by atoms with E-state index in [1.54, 1.807) is 5.56 Å². The Kier molecular flexibility index (Phi) is 3.49. The number of nitrogens with two attached hydrogens (primary N) is 1. The third-order valence-electron chi connectivity index (χ3n) is 3.66. The molecule has 1 aromatic carbocycles. The monoisotopic (exact) mass is 218 g/mol. The van der Waals surface area contributed by atoms with Crippen LogP contribution in [0.2, 0.25) is 0 Å². The van der Waals surface area contributed by atoms with Crippen LogP contribution in [0, 0.1) is 6.92 Å². The number of benzene rings is 1. The Bertz CT molecular complexity index is 360. The van der Waals surface area contributed by atoms with Crippen molar-refractivity contribution in [2.75, 3.05) is 18.0 Å². The molecule has 1 heterocycles. The number of rotatable bonds is 4. The highest BCUT2D eigenvalue weighted by Crippen LogP contribution is 2.35. The van der Waals surface area contributed by atoms with E-state index in [-0.39, 0.29) is 0 Å². The average Bonchev–Trinajstić information content (AvgIpc) is 2.65. The lowest BCUT2D eigenvalue weighted by molar-refractivity contribution is 0.565. The summed E-state index contributed by atoms with van der Waals surface area (Å²) in [5.41, 5.74) is 10.0. The van der Waals surface area contributed by atoms with Crippen LogP contribution < -0.4 is 10.6 Å². The summed E-state index contributed by atoms with van der Waals surface area (Å²) < 4.78 is 0. The molecule has 0 saturated heterocycles. The topological polar surface area (TPSA) is 29.3 Å². The van der Waals surface area contributed by atoms with Crippen LogP contribution in [0.4, 0.5) is 5.69 Å². The quantitative estimate of drug-likeness (QED) is 0.841. The zero-order valence-electron chi connectivity index (χ0n) is 10.4. The van der Waals surface area contributed by atoms with E-state index in [9.17, 15) is 0 Å². The first-order valence-electron chi connectivity index (χ1n) is 6.33. The number of fused-ring (bicyclic) bond motifs is 1. The van der Waals surface area contributed by atoms with Crippen molar-refractivity contribution in [3.05, 3.63) is 29.3 Å². The predicted octanol–water partition coefficient (Wildman–Crippen LogP) is 2.48. The molecule has 0 aliphatic carbocycles. The molecule has 1 atom stereocenters. The molecule has 16 heavy (non-hydrogen) atoms. The van der Waals surface area contributed by atoms with Crippen molar-refractivity contribution in [2.24, 2.45) is 5.73 Å². The van der Waals surface area contributed by atoms with Crippen molar-refractivity contribution in [1.82, 2.24) is 0 Å². The fourth-order valence-electron chi connectivity index (χ4n) is 2.80. The van der Waals surface area contributed by atoms with Crippen LogP contribution in [0.3, 0.4) is 0 Å². The zero-order chi connectivity index (χ0) is 11.5. The van der Waals surface area contributed by atoms with Gasteiger partial charge in [-0.3, -0.25) is 0 Å². The van der Waals surface area contributed by atoms with Gasteiger partial charge in [-0.05, 0) is 56.8 Å². The Morgan fingerprint density at radius 1 is 1.44 bits per heavy atom. The third kappa shape index (κ3) is 1.94. The van der Waals surface area contributed by atoms with Gasteiger partial charge in [0.2, 0.25) is 0 Å². The second-order valence-corrected chi connectivity index (χ2v) is 4.65. The number of anilines is 1. The predicted molar refractivity (Wildman–Crippen MR) is 70.0 cm³/mol. The van der Waals surface area contributed by atoms with Crippen LogP contribution in [0.15, 0.2) is 18.2 Å². The molecule has 0 saturated carbocycles. The normalized spacial score (nSPS) is 18.9. The van der Waals surface area contributed by atoms with Crippen molar-refractivity contribution in [1.29, 1.82) is 0 Å². The van der Waals surface area contributed by atoms with E-state index in [0.717, 1.165) is 19.5 Å². The lowest BCUT2D eigenvalue weighted by Gasteiger charge is -2.26. The summed E-state index contributed by atoms with van der Waals surface area (Å²) >= 11 is 0. The Labute approximate surface area is 98.4 Å². The number of hydrogen-bond donors (Lipinski definition) is 1. The molecule has 2 rings (SSSR count).